The zero-order valence-electron chi connectivity index (χ0n) is 15.6. The Bertz CT molecular complexity index is 916. The highest BCUT2D eigenvalue weighted by Crippen LogP contribution is 2.28. The molecule has 3 rings (SSSR count). The molecular weight excluding hydrogens is 358 g/mol. The molecule has 1 fully saturated rings. The van der Waals surface area contributed by atoms with Crippen LogP contribution in [0.1, 0.15) is 25.7 Å². The number of hydrogen-bond acceptors (Lipinski definition) is 8. The molecule has 2 N–H and O–H groups in total. The molecule has 3 heterocycles. The van der Waals surface area contributed by atoms with E-state index in [9.17, 15) is 10.1 Å². The van der Waals surface area contributed by atoms with Crippen molar-refractivity contribution in [3.63, 3.8) is 0 Å². The molecule has 0 spiro atoms. The average molecular weight is 379 g/mol. The predicted octanol–water partition coefficient (Wildman–Crippen LogP) is 1.24. The van der Waals surface area contributed by atoms with Crippen molar-refractivity contribution in [3.05, 3.63) is 24.7 Å². The van der Waals surface area contributed by atoms with Crippen molar-refractivity contribution in [2.75, 3.05) is 23.3 Å². The van der Waals surface area contributed by atoms with Gasteiger partial charge in [0, 0.05) is 32.5 Å². The summed E-state index contributed by atoms with van der Waals surface area (Å²) in [6.07, 6.45) is 6.43. The van der Waals surface area contributed by atoms with E-state index in [1.54, 1.807) is 17.1 Å². The summed E-state index contributed by atoms with van der Waals surface area (Å²) in [5.41, 5.74) is 0.203. The number of carbonyl (C=O) groups is 1. The van der Waals surface area contributed by atoms with Gasteiger partial charge in [0.05, 0.1) is 36.0 Å². The first-order valence-corrected chi connectivity index (χ1v) is 8.92. The van der Waals surface area contributed by atoms with Crippen LogP contribution in [0.25, 0.3) is 0 Å². The largest absolute Gasteiger partial charge is 0.356 e. The molecule has 28 heavy (non-hydrogen) atoms. The summed E-state index contributed by atoms with van der Waals surface area (Å²) < 4.78 is 1.69. The fraction of sp³-hybridized carbons (Fsp3) is 0.444. The minimum atomic E-state index is -0.594. The summed E-state index contributed by atoms with van der Waals surface area (Å²) in [6.45, 7) is 1.27. The maximum Gasteiger partial charge on any atom is 0.234 e. The summed E-state index contributed by atoms with van der Waals surface area (Å²) in [7, 11) is 1.83. The topological polar surface area (TPSA) is 136 Å². The first-order valence-electron chi connectivity index (χ1n) is 8.92. The van der Waals surface area contributed by atoms with E-state index in [-0.39, 0.29) is 18.7 Å². The molecule has 2 aromatic rings. The lowest BCUT2D eigenvalue weighted by Crippen LogP contribution is -2.55. The second kappa shape index (κ2) is 8.35. The number of rotatable bonds is 6. The third-order valence-corrected chi connectivity index (χ3v) is 4.71. The molecule has 10 nitrogen and oxygen atoms in total. The second-order valence-corrected chi connectivity index (χ2v) is 6.75. The molecule has 144 valence electrons. The van der Waals surface area contributed by atoms with Gasteiger partial charge in [-0.15, -0.1) is 0 Å². The van der Waals surface area contributed by atoms with Gasteiger partial charge in [-0.25, -0.2) is 4.98 Å². The molecule has 0 aromatic carbocycles. The Labute approximate surface area is 162 Å². The predicted molar refractivity (Wildman–Crippen MR) is 101 cm³/mol. The van der Waals surface area contributed by atoms with Gasteiger partial charge in [-0.1, -0.05) is 0 Å². The monoisotopic (exact) mass is 379 g/mol. The summed E-state index contributed by atoms with van der Waals surface area (Å²) in [5, 5.41) is 28.0. The van der Waals surface area contributed by atoms with E-state index >= 15 is 0 Å². The van der Waals surface area contributed by atoms with E-state index in [2.05, 4.69) is 36.7 Å². The molecule has 0 saturated carbocycles. The molecule has 0 unspecified atom stereocenters. The SMILES string of the molecule is Cn1cc(Nc2nccc(N3CCC(CC#N)(NC(=O)CC#N)CC3)n2)cn1. The standard InChI is InChI=1S/C18H21N9O/c1-26-13-14(12-22-26)23-17-21-9-3-15(24-17)27-10-5-18(4-8-20,6-11-27)25-16(28)2-7-19/h3,9,12-13H,2,4-6,10-11H2,1H3,(H,25,28)(H,21,23,24). The molecule has 1 saturated heterocycles. The van der Waals surface area contributed by atoms with Gasteiger partial charge >= 0.3 is 0 Å². The van der Waals surface area contributed by atoms with Crippen molar-refractivity contribution >= 4 is 23.4 Å². The number of piperidine rings is 1. The van der Waals surface area contributed by atoms with Crippen LogP contribution in [0.5, 0.6) is 0 Å². The van der Waals surface area contributed by atoms with E-state index in [4.69, 9.17) is 5.26 Å². The van der Waals surface area contributed by atoms with Crippen LogP contribution in [0, 0.1) is 22.7 Å². The van der Waals surface area contributed by atoms with Crippen molar-refractivity contribution in [2.45, 2.75) is 31.2 Å². The van der Waals surface area contributed by atoms with Gasteiger partial charge in [-0.3, -0.25) is 9.48 Å². The molecule has 0 aliphatic carbocycles. The maximum absolute atomic E-state index is 11.9. The van der Waals surface area contributed by atoms with Gasteiger partial charge in [0.2, 0.25) is 11.9 Å². The third-order valence-electron chi connectivity index (χ3n) is 4.71. The maximum atomic E-state index is 11.9. The van der Waals surface area contributed by atoms with E-state index < -0.39 is 5.54 Å². The molecule has 0 atom stereocenters. The Kier molecular flexibility index (Phi) is 5.70. The molecule has 1 aliphatic heterocycles. The Hall–Kier alpha value is -3.66. The number of nitrogens with zero attached hydrogens (tertiary/aromatic N) is 7. The van der Waals surface area contributed by atoms with E-state index in [1.165, 1.54) is 0 Å². The number of amides is 1. The van der Waals surface area contributed by atoms with Crippen molar-refractivity contribution in [1.29, 1.82) is 10.5 Å². The van der Waals surface area contributed by atoms with Gasteiger partial charge < -0.3 is 15.5 Å². The lowest BCUT2D eigenvalue weighted by atomic mass is 9.84. The molecule has 10 heteroatoms. The van der Waals surface area contributed by atoms with Gasteiger partial charge in [0.1, 0.15) is 12.2 Å². The number of aryl methyl sites for hydroxylation is 1. The quantitative estimate of drug-likeness (QED) is 0.765. The van der Waals surface area contributed by atoms with Crippen LogP contribution in [0.2, 0.25) is 0 Å². The van der Waals surface area contributed by atoms with Crippen LogP contribution in [-0.2, 0) is 11.8 Å². The second-order valence-electron chi connectivity index (χ2n) is 6.75. The number of nitriles is 2. The number of carbonyl (C=O) groups excluding carboxylic acids is 1. The number of nitrogens with one attached hydrogen (secondary N) is 2. The fourth-order valence-electron chi connectivity index (χ4n) is 3.27. The van der Waals surface area contributed by atoms with E-state index in [0.29, 0.717) is 31.9 Å². The third kappa shape index (κ3) is 4.54. The zero-order chi connectivity index (χ0) is 20.0. The smallest absolute Gasteiger partial charge is 0.234 e. The number of anilines is 3. The number of aromatic nitrogens is 4. The first kappa shape index (κ1) is 19.1. The molecule has 1 amide bonds. The van der Waals surface area contributed by atoms with Crippen LogP contribution in [-0.4, -0.2) is 44.3 Å². The van der Waals surface area contributed by atoms with Crippen molar-refractivity contribution < 1.29 is 4.79 Å². The minimum Gasteiger partial charge on any atom is -0.356 e. The van der Waals surface area contributed by atoms with Crippen LogP contribution in [0.4, 0.5) is 17.5 Å². The fourth-order valence-corrected chi connectivity index (χ4v) is 3.27. The Morgan fingerprint density at radius 2 is 2.11 bits per heavy atom. The molecule has 2 aromatic heterocycles. The Morgan fingerprint density at radius 1 is 1.32 bits per heavy atom. The lowest BCUT2D eigenvalue weighted by molar-refractivity contribution is -0.122. The summed E-state index contributed by atoms with van der Waals surface area (Å²) >= 11 is 0. The van der Waals surface area contributed by atoms with Crippen LogP contribution < -0.4 is 15.5 Å². The van der Waals surface area contributed by atoms with Gasteiger partial charge in [0.25, 0.3) is 0 Å². The average Bonchev–Trinajstić information content (AvgIpc) is 3.07. The normalized spacial score (nSPS) is 15.3. The lowest BCUT2D eigenvalue weighted by Gasteiger charge is -2.41. The van der Waals surface area contributed by atoms with E-state index in [0.717, 1.165) is 11.5 Å². The van der Waals surface area contributed by atoms with Gasteiger partial charge in [0.15, 0.2) is 0 Å². The Balaban J connectivity index is 1.66. The first-order chi connectivity index (χ1) is 13.5. The van der Waals surface area contributed by atoms with Crippen molar-refractivity contribution in [3.8, 4) is 12.1 Å². The summed E-state index contributed by atoms with van der Waals surface area (Å²) in [6, 6.07) is 5.84. The molecule has 1 aliphatic rings. The van der Waals surface area contributed by atoms with Crippen molar-refractivity contribution in [1.82, 2.24) is 25.1 Å². The molecule has 0 bridgehead atoms. The summed E-state index contributed by atoms with van der Waals surface area (Å²) in [5.74, 6) is 0.910. The minimum absolute atomic E-state index is 0.202. The van der Waals surface area contributed by atoms with Crippen molar-refractivity contribution in [2.24, 2.45) is 7.05 Å². The Morgan fingerprint density at radius 3 is 2.75 bits per heavy atom. The highest BCUT2D eigenvalue weighted by atomic mass is 16.1. The van der Waals surface area contributed by atoms with Crippen LogP contribution in [0.3, 0.4) is 0 Å². The summed E-state index contributed by atoms with van der Waals surface area (Å²) in [4.78, 5) is 22.8. The zero-order valence-corrected chi connectivity index (χ0v) is 15.6. The highest BCUT2D eigenvalue weighted by Gasteiger charge is 2.36. The van der Waals surface area contributed by atoms with E-state index in [1.807, 2.05) is 25.4 Å². The number of hydrogen-bond donors (Lipinski definition) is 2. The van der Waals surface area contributed by atoms with Crippen LogP contribution >= 0.6 is 0 Å². The highest BCUT2D eigenvalue weighted by molar-refractivity contribution is 5.79. The van der Waals surface area contributed by atoms with Crippen LogP contribution in [0.15, 0.2) is 24.7 Å². The molecule has 0 radical (unpaired) electrons. The molecular formula is C18H21N9O. The van der Waals surface area contributed by atoms with Gasteiger partial charge in [-0.2, -0.15) is 20.6 Å². The van der Waals surface area contributed by atoms with Gasteiger partial charge in [-0.05, 0) is 18.9 Å².